The van der Waals surface area contributed by atoms with Gasteiger partial charge in [0.25, 0.3) is 5.91 Å². The molecular formula is C22H22N2O5. The number of carbonyl (C=O) groups excluding carboxylic acids is 1. The molecule has 0 unspecified atom stereocenters. The van der Waals surface area contributed by atoms with Gasteiger partial charge in [-0.3, -0.25) is 4.79 Å². The van der Waals surface area contributed by atoms with Crippen LogP contribution < -0.4 is 14.8 Å². The zero-order valence-electron chi connectivity index (χ0n) is 16.4. The van der Waals surface area contributed by atoms with Crippen molar-refractivity contribution in [2.75, 3.05) is 12.4 Å². The maximum atomic E-state index is 12.5. The molecule has 0 fully saturated rings. The first kappa shape index (κ1) is 21.5. The number of anilines is 1. The zero-order chi connectivity index (χ0) is 21.4. The lowest BCUT2D eigenvalue weighted by Gasteiger charge is -2.14. The monoisotopic (exact) mass is 394 g/mol. The van der Waals surface area contributed by atoms with E-state index in [4.69, 9.17) is 14.6 Å². The second kappa shape index (κ2) is 9.95. The van der Waals surface area contributed by atoms with E-state index >= 15 is 0 Å². The third kappa shape index (κ3) is 5.59. The van der Waals surface area contributed by atoms with Gasteiger partial charge < -0.3 is 19.9 Å². The molecule has 150 valence electrons. The van der Waals surface area contributed by atoms with Crippen LogP contribution in [0.25, 0.3) is 6.08 Å². The molecule has 1 atom stereocenters. The van der Waals surface area contributed by atoms with E-state index < -0.39 is 18.0 Å². The van der Waals surface area contributed by atoms with Crippen LogP contribution >= 0.6 is 0 Å². The second-order valence-corrected chi connectivity index (χ2v) is 6.14. The number of carbonyl (C=O) groups is 2. The fourth-order valence-corrected chi connectivity index (χ4v) is 2.57. The molecule has 0 radical (unpaired) electrons. The molecule has 0 saturated carbocycles. The number of nitrogens with zero attached hydrogens (tertiary/aromatic N) is 1. The molecule has 2 aromatic rings. The van der Waals surface area contributed by atoms with Crippen LogP contribution in [0.1, 0.15) is 25.0 Å². The topological polar surface area (TPSA) is 109 Å². The van der Waals surface area contributed by atoms with Crippen molar-refractivity contribution in [3.8, 4) is 17.6 Å². The van der Waals surface area contributed by atoms with Crippen LogP contribution in [-0.2, 0) is 16.0 Å². The van der Waals surface area contributed by atoms with Crippen LogP contribution in [-0.4, -0.2) is 30.2 Å². The zero-order valence-corrected chi connectivity index (χ0v) is 16.4. The number of ether oxygens (including phenoxy) is 2. The van der Waals surface area contributed by atoms with Gasteiger partial charge in [0, 0.05) is 5.69 Å². The molecule has 0 bridgehead atoms. The van der Waals surface area contributed by atoms with E-state index in [-0.39, 0.29) is 11.3 Å². The number of nitrogens with one attached hydrogen (secondary N) is 1. The first-order chi connectivity index (χ1) is 13.9. The van der Waals surface area contributed by atoms with Crippen molar-refractivity contribution in [2.24, 2.45) is 0 Å². The molecule has 0 aliphatic heterocycles. The summed E-state index contributed by atoms with van der Waals surface area (Å²) in [5.74, 6) is -1.08. The van der Waals surface area contributed by atoms with Crippen molar-refractivity contribution in [3.05, 3.63) is 59.2 Å². The summed E-state index contributed by atoms with van der Waals surface area (Å²) < 4.78 is 10.6. The predicted molar refractivity (Wildman–Crippen MR) is 109 cm³/mol. The number of rotatable bonds is 8. The SMILES string of the molecule is CCc1ccccc1NC(=O)/C(C#N)=C\c1ccc(O[C@@H](C)C(=O)O)c(OC)c1. The number of methoxy groups -OCH3 is 1. The second-order valence-electron chi connectivity index (χ2n) is 6.14. The Labute approximate surface area is 169 Å². The van der Waals surface area contributed by atoms with E-state index in [0.29, 0.717) is 17.0 Å². The molecule has 0 spiro atoms. The number of carboxylic acid groups (broad SMARTS) is 1. The number of benzene rings is 2. The molecule has 0 saturated heterocycles. The van der Waals surface area contributed by atoms with Crippen molar-refractivity contribution < 1.29 is 24.2 Å². The van der Waals surface area contributed by atoms with Crippen molar-refractivity contribution in [3.63, 3.8) is 0 Å². The number of hydrogen-bond acceptors (Lipinski definition) is 5. The number of nitriles is 1. The number of aryl methyl sites for hydroxylation is 1. The fraction of sp³-hybridized carbons (Fsp3) is 0.227. The third-order valence-corrected chi connectivity index (χ3v) is 4.16. The van der Waals surface area contributed by atoms with Crippen molar-refractivity contribution >= 4 is 23.6 Å². The van der Waals surface area contributed by atoms with Gasteiger partial charge in [-0.1, -0.05) is 31.2 Å². The first-order valence-corrected chi connectivity index (χ1v) is 8.98. The highest BCUT2D eigenvalue weighted by molar-refractivity contribution is 6.10. The fourth-order valence-electron chi connectivity index (χ4n) is 2.57. The van der Waals surface area contributed by atoms with Gasteiger partial charge in [-0.05, 0) is 48.7 Å². The van der Waals surface area contributed by atoms with E-state index in [9.17, 15) is 14.9 Å². The van der Waals surface area contributed by atoms with Crippen molar-refractivity contribution in [1.29, 1.82) is 5.26 Å². The van der Waals surface area contributed by atoms with E-state index in [1.165, 1.54) is 26.2 Å². The van der Waals surface area contributed by atoms with Crippen LogP contribution in [0.4, 0.5) is 5.69 Å². The molecular weight excluding hydrogens is 372 g/mol. The summed E-state index contributed by atoms with van der Waals surface area (Å²) in [6, 6.07) is 14.0. The summed E-state index contributed by atoms with van der Waals surface area (Å²) in [5, 5.41) is 21.2. The Kier molecular flexibility index (Phi) is 7.38. The summed E-state index contributed by atoms with van der Waals surface area (Å²) in [5.41, 5.74) is 2.08. The van der Waals surface area contributed by atoms with E-state index in [1.807, 2.05) is 31.2 Å². The van der Waals surface area contributed by atoms with Gasteiger partial charge in [-0.15, -0.1) is 0 Å². The molecule has 0 aromatic heterocycles. The van der Waals surface area contributed by atoms with Gasteiger partial charge in [0.15, 0.2) is 17.6 Å². The van der Waals surface area contributed by atoms with Gasteiger partial charge in [-0.2, -0.15) is 5.26 Å². The molecule has 2 N–H and O–H groups in total. The molecule has 29 heavy (non-hydrogen) atoms. The highest BCUT2D eigenvalue weighted by Crippen LogP contribution is 2.30. The largest absolute Gasteiger partial charge is 0.493 e. The Morgan fingerprint density at radius 3 is 2.59 bits per heavy atom. The van der Waals surface area contributed by atoms with E-state index in [1.54, 1.807) is 18.2 Å². The molecule has 1 amide bonds. The van der Waals surface area contributed by atoms with E-state index in [2.05, 4.69) is 5.32 Å². The Morgan fingerprint density at radius 2 is 1.97 bits per heavy atom. The Bertz CT molecular complexity index is 975. The van der Waals surface area contributed by atoms with Crippen molar-refractivity contribution in [2.45, 2.75) is 26.4 Å². The molecule has 0 aliphatic carbocycles. The minimum absolute atomic E-state index is 0.0782. The highest BCUT2D eigenvalue weighted by Gasteiger charge is 2.16. The molecule has 7 nitrogen and oxygen atoms in total. The van der Waals surface area contributed by atoms with Crippen LogP contribution in [0.3, 0.4) is 0 Å². The lowest BCUT2D eigenvalue weighted by molar-refractivity contribution is -0.144. The molecule has 0 heterocycles. The normalized spacial score (nSPS) is 11.9. The summed E-state index contributed by atoms with van der Waals surface area (Å²) in [7, 11) is 1.42. The quantitative estimate of drug-likeness (QED) is 0.522. The lowest BCUT2D eigenvalue weighted by Crippen LogP contribution is -2.23. The van der Waals surface area contributed by atoms with E-state index in [0.717, 1.165) is 12.0 Å². The third-order valence-electron chi connectivity index (χ3n) is 4.16. The molecule has 2 aromatic carbocycles. The average Bonchev–Trinajstić information content (AvgIpc) is 2.72. The minimum Gasteiger partial charge on any atom is -0.493 e. The Balaban J connectivity index is 2.27. The van der Waals surface area contributed by atoms with Crippen LogP contribution in [0.15, 0.2) is 48.0 Å². The summed E-state index contributed by atoms with van der Waals surface area (Å²) in [6.07, 6.45) is 1.12. The summed E-state index contributed by atoms with van der Waals surface area (Å²) >= 11 is 0. The minimum atomic E-state index is -1.10. The highest BCUT2D eigenvalue weighted by atomic mass is 16.5. The number of para-hydroxylation sites is 1. The first-order valence-electron chi connectivity index (χ1n) is 8.98. The summed E-state index contributed by atoms with van der Waals surface area (Å²) in [4.78, 5) is 23.5. The summed E-state index contributed by atoms with van der Waals surface area (Å²) in [6.45, 7) is 3.38. The number of aliphatic carboxylic acids is 1. The van der Waals surface area contributed by atoms with Crippen molar-refractivity contribution in [1.82, 2.24) is 0 Å². The maximum Gasteiger partial charge on any atom is 0.344 e. The Morgan fingerprint density at radius 1 is 1.24 bits per heavy atom. The number of amides is 1. The van der Waals surface area contributed by atoms with Gasteiger partial charge in [0.2, 0.25) is 0 Å². The predicted octanol–water partition coefficient (Wildman–Crippen LogP) is 3.66. The molecule has 2 rings (SSSR count). The van der Waals surface area contributed by atoms with Gasteiger partial charge >= 0.3 is 5.97 Å². The van der Waals surface area contributed by atoms with Crippen LogP contribution in [0, 0.1) is 11.3 Å². The van der Waals surface area contributed by atoms with Crippen LogP contribution in [0.5, 0.6) is 11.5 Å². The van der Waals surface area contributed by atoms with Gasteiger partial charge in [0.05, 0.1) is 7.11 Å². The smallest absolute Gasteiger partial charge is 0.344 e. The molecule has 7 heteroatoms. The maximum absolute atomic E-state index is 12.5. The number of hydrogen-bond donors (Lipinski definition) is 2. The molecule has 0 aliphatic rings. The van der Waals surface area contributed by atoms with Gasteiger partial charge in [0.1, 0.15) is 11.6 Å². The standard InChI is InChI=1S/C22H22N2O5/c1-4-16-7-5-6-8-18(16)24-21(25)17(13-23)11-15-9-10-19(20(12-15)28-3)29-14(2)22(26)27/h5-12,14H,4H2,1-3H3,(H,24,25)(H,26,27)/b17-11-/t14-/m0/s1. The Hall–Kier alpha value is -3.79. The average molecular weight is 394 g/mol. The lowest BCUT2D eigenvalue weighted by atomic mass is 10.1. The number of carboxylic acids is 1. The van der Waals surface area contributed by atoms with Crippen LogP contribution in [0.2, 0.25) is 0 Å². The van der Waals surface area contributed by atoms with Gasteiger partial charge in [-0.25, -0.2) is 4.79 Å².